The molecule has 1 saturated heterocycles. The topological polar surface area (TPSA) is 114 Å². The van der Waals surface area contributed by atoms with Gasteiger partial charge in [-0.1, -0.05) is 0 Å². The van der Waals surface area contributed by atoms with Crippen molar-refractivity contribution in [2.24, 2.45) is 5.73 Å². The predicted octanol–water partition coefficient (Wildman–Crippen LogP) is 0.413. The lowest BCUT2D eigenvalue weighted by molar-refractivity contribution is -0.133. The Morgan fingerprint density at radius 2 is 2.08 bits per heavy atom. The second kappa shape index (κ2) is 6.73. The number of hydrogen-bond donors (Lipinski definition) is 2. The molecule has 1 aromatic heterocycles. The van der Waals surface area contributed by atoms with Gasteiger partial charge in [0.2, 0.25) is 5.91 Å². The van der Waals surface area contributed by atoms with E-state index in [-0.39, 0.29) is 30.4 Å². The van der Waals surface area contributed by atoms with Gasteiger partial charge in [0.1, 0.15) is 5.82 Å². The maximum absolute atomic E-state index is 12.6. The van der Waals surface area contributed by atoms with Crippen molar-refractivity contribution in [3.8, 4) is 0 Å². The number of amides is 4. The zero-order valence-corrected chi connectivity index (χ0v) is 14.6. The van der Waals surface area contributed by atoms with Crippen LogP contribution in [-0.4, -0.2) is 62.5 Å². The molecule has 1 aromatic rings. The molecule has 1 atom stereocenters. The minimum atomic E-state index is -0.625. The maximum atomic E-state index is 12.6. The highest BCUT2D eigenvalue weighted by molar-refractivity contribution is 5.81. The van der Waals surface area contributed by atoms with Crippen LogP contribution in [0.5, 0.6) is 0 Å². The molecule has 25 heavy (non-hydrogen) atoms. The van der Waals surface area contributed by atoms with E-state index in [2.05, 4.69) is 10.3 Å². The molecule has 2 aliphatic rings. The van der Waals surface area contributed by atoms with Crippen LogP contribution in [0.3, 0.4) is 0 Å². The summed E-state index contributed by atoms with van der Waals surface area (Å²) in [6.45, 7) is 5.39. The number of rotatable bonds is 4. The molecule has 9 nitrogen and oxygen atoms in total. The van der Waals surface area contributed by atoms with Crippen LogP contribution in [0.1, 0.15) is 37.7 Å². The summed E-state index contributed by atoms with van der Waals surface area (Å²) in [5.74, 6) is 0.713. The van der Waals surface area contributed by atoms with Gasteiger partial charge in [0.25, 0.3) is 0 Å². The number of nitrogens with two attached hydrogens (primary N) is 1. The minimum Gasteiger partial charge on any atom is -0.352 e. The van der Waals surface area contributed by atoms with Crippen LogP contribution in [0.4, 0.5) is 9.59 Å². The van der Waals surface area contributed by atoms with Gasteiger partial charge in [-0.05, 0) is 26.7 Å². The summed E-state index contributed by atoms with van der Waals surface area (Å²) < 4.78 is 1.66. The number of aryl methyl sites for hydroxylation is 1. The van der Waals surface area contributed by atoms with Crippen molar-refractivity contribution < 1.29 is 14.4 Å². The van der Waals surface area contributed by atoms with E-state index in [1.165, 1.54) is 0 Å². The number of nitrogens with one attached hydrogen (secondary N) is 1. The Morgan fingerprint density at radius 1 is 1.40 bits per heavy atom. The molecule has 0 spiro atoms. The van der Waals surface area contributed by atoms with Crippen LogP contribution in [0, 0.1) is 6.92 Å². The second-order valence-corrected chi connectivity index (χ2v) is 6.77. The van der Waals surface area contributed by atoms with Crippen molar-refractivity contribution in [3.05, 3.63) is 17.7 Å². The van der Waals surface area contributed by atoms with Crippen LogP contribution < -0.4 is 11.1 Å². The van der Waals surface area contributed by atoms with E-state index in [1.54, 1.807) is 22.6 Å². The van der Waals surface area contributed by atoms with E-state index < -0.39 is 6.03 Å². The number of aromatic nitrogens is 2. The zero-order valence-electron chi connectivity index (χ0n) is 14.6. The van der Waals surface area contributed by atoms with E-state index in [0.29, 0.717) is 25.5 Å². The van der Waals surface area contributed by atoms with E-state index in [4.69, 9.17) is 5.73 Å². The first-order chi connectivity index (χ1) is 11.9. The molecule has 9 heteroatoms. The molecule has 3 rings (SSSR count). The predicted molar refractivity (Wildman–Crippen MR) is 89.7 cm³/mol. The molecular weight excluding hydrogens is 324 g/mol. The molecule has 0 aromatic carbocycles. The number of urea groups is 1. The first kappa shape index (κ1) is 17.2. The third kappa shape index (κ3) is 3.45. The Morgan fingerprint density at radius 3 is 2.68 bits per heavy atom. The molecule has 4 amide bonds. The summed E-state index contributed by atoms with van der Waals surface area (Å²) in [7, 11) is 0. The van der Waals surface area contributed by atoms with Gasteiger partial charge in [0.15, 0.2) is 0 Å². The third-order valence-electron chi connectivity index (χ3n) is 4.91. The molecule has 3 N–H and O–H groups in total. The van der Waals surface area contributed by atoms with E-state index in [0.717, 1.165) is 18.5 Å². The molecule has 1 fully saturated rings. The first-order valence-electron chi connectivity index (χ1n) is 8.54. The monoisotopic (exact) mass is 348 g/mol. The number of carbonyl (C=O) groups is 3. The Bertz CT molecular complexity index is 692. The number of hydrogen-bond acceptors (Lipinski definition) is 4. The Hall–Kier alpha value is -2.58. The summed E-state index contributed by atoms with van der Waals surface area (Å²) in [5, 5.41) is 2.51. The molecular formula is C16H24N6O3. The largest absolute Gasteiger partial charge is 0.352 e. The number of nitrogens with zero attached hydrogens (tertiary/aromatic N) is 4. The average molecular weight is 348 g/mol. The Labute approximate surface area is 146 Å². The number of imidazole rings is 1. The van der Waals surface area contributed by atoms with Gasteiger partial charge in [-0.25, -0.2) is 14.6 Å². The highest BCUT2D eigenvalue weighted by Gasteiger charge is 2.36. The molecule has 0 saturated carbocycles. The fourth-order valence-corrected chi connectivity index (χ4v) is 3.63. The third-order valence-corrected chi connectivity index (χ3v) is 4.91. The van der Waals surface area contributed by atoms with Crippen LogP contribution in [0.15, 0.2) is 6.20 Å². The average Bonchev–Trinajstić information content (AvgIpc) is 3.07. The smallest absolute Gasteiger partial charge is 0.330 e. The molecule has 2 aliphatic heterocycles. The molecule has 0 radical (unpaired) electrons. The van der Waals surface area contributed by atoms with Crippen LogP contribution >= 0.6 is 0 Å². The van der Waals surface area contributed by atoms with Crippen LogP contribution in [-0.2, 0) is 11.3 Å². The summed E-state index contributed by atoms with van der Waals surface area (Å²) in [5.41, 5.74) is 5.99. The van der Waals surface area contributed by atoms with Crippen molar-refractivity contribution >= 4 is 18.0 Å². The van der Waals surface area contributed by atoms with Gasteiger partial charge in [-0.3, -0.25) is 9.36 Å². The van der Waals surface area contributed by atoms with Gasteiger partial charge in [0, 0.05) is 31.6 Å². The summed E-state index contributed by atoms with van der Waals surface area (Å²) >= 11 is 0. The molecule has 0 bridgehead atoms. The summed E-state index contributed by atoms with van der Waals surface area (Å²) in [6, 6.07) is -0.796. The van der Waals surface area contributed by atoms with Crippen LogP contribution in [0.2, 0.25) is 0 Å². The van der Waals surface area contributed by atoms with Crippen LogP contribution in [0.25, 0.3) is 0 Å². The van der Waals surface area contributed by atoms with Gasteiger partial charge >= 0.3 is 12.1 Å². The number of likely N-dealkylation sites (tertiary alicyclic amines) is 1. The maximum Gasteiger partial charge on any atom is 0.330 e. The SMILES string of the molecule is Cc1ncc2n1C(=O)N(C1CCN(C(=O)CC(C)NC(N)=O)CC1)C2. The number of piperidine rings is 1. The van der Waals surface area contributed by atoms with E-state index in [1.807, 2.05) is 11.8 Å². The number of primary amides is 1. The summed E-state index contributed by atoms with van der Waals surface area (Å²) in [4.78, 5) is 43.5. The Kier molecular flexibility index (Phi) is 4.65. The first-order valence-corrected chi connectivity index (χ1v) is 8.54. The fourth-order valence-electron chi connectivity index (χ4n) is 3.63. The molecule has 3 heterocycles. The van der Waals surface area contributed by atoms with E-state index >= 15 is 0 Å². The standard InChI is InChI=1S/C16H24N6O3/c1-10(19-15(17)24)7-14(23)20-5-3-12(4-6-20)21-9-13-8-18-11(2)22(13)16(21)25/h8,10,12H,3-7,9H2,1-2H3,(H3,17,19,24). The van der Waals surface area contributed by atoms with Crippen molar-refractivity contribution in [1.82, 2.24) is 24.7 Å². The van der Waals surface area contributed by atoms with E-state index in [9.17, 15) is 14.4 Å². The Balaban J connectivity index is 1.52. The second-order valence-electron chi connectivity index (χ2n) is 6.77. The fraction of sp³-hybridized carbons (Fsp3) is 0.625. The highest BCUT2D eigenvalue weighted by atomic mass is 16.2. The number of carbonyl (C=O) groups excluding carboxylic acids is 3. The molecule has 136 valence electrons. The molecule has 0 aliphatic carbocycles. The van der Waals surface area contributed by atoms with Crippen molar-refractivity contribution in [1.29, 1.82) is 0 Å². The van der Waals surface area contributed by atoms with Crippen molar-refractivity contribution in [2.45, 2.75) is 51.7 Å². The van der Waals surface area contributed by atoms with Gasteiger partial charge in [-0.2, -0.15) is 0 Å². The lowest BCUT2D eigenvalue weighted by Crippen LogP contribution is -2.48. The molecule has 1 unspecified atom stereocenters. The zero-order chi connectivity index (χ0) is 18.1. The lowest BCUT2D eigenvalue weighted by atomic mass is 10.0. The summed E-state index contributed by atoms with van der Waals surface area (Å²) in [6.07, 6.45) is 3.49. The van der Waals surface area contributed by atoms with Gasteiger partial charge in [-0.15, -0.1) is 0 Å². The van der Waals surface area contributed by atoms with Crippen molar-refractivity contribution in [3.63, 3.8) is 0 Å². The van der Waals surface area contributed by atoms with Gasteiger partial charge in [0.05, 0.1) is 18.4 Å². The lowest BCUT2D eigenvalue weighted by Gasteiger charge is -2.36. The minimum absolute atomic E-state index is 0.00115. The quantitative estimate of drug-likeness (QED) is 0.820. The normalized spacial score (nSPS) is 19.0. The van der Waals surface area contributed by atoms with Crippen molar-refractivity contribution in [2.75, 3.05) is 13.1 Å². The highest BCUT2D eigenvalue weighted by Crippen LogP contribution is 2.26. The van der Waals surface area contributed by atoms with Gasteiger partial charge < -0.3 is 20.9 Å². The number of fused-ring (bicyclic) bond motifs is 1.